The Balaban J connectivity index is 1.96. The highest BCUT2D eigenvalue weighted by Gasteiger charge is 2.23. The first-order chi connectivity index (χ1) is 10.8. The number of amides is 1. The van der Waals surface area contributed by atoms with E-state index in [1.165, 1.54) is 6.92 Å². The number of pyridine rings is 1. The normalized spacial score (nSPS) is 17.8. The summed E-state index contributed by atoms with van der Waals surface area (Å²) in [5.41, 5.74) is 0.906. The van der Waals surface area contributed by atoms with Crippen molar-refractivity contribution in [1.29, 1.82) is 0 Å². The number of carbonyl (C=O) groups excluding carboxylic acids is 1. The van der Waals surface area contributed by atoms with Crippen molar-refractivity contribution < 1.29 is 13.2 Å². The fourth-order valence-electron chi connectivity index (χ4n) is 2.31. The highest BCUT2D eigenvalue weighted by Crippen LogP contribution is 2.14. The summed E-state index contributed by atoms with van der Waals surface area (Å²) in [7, 11) is -1.28. The fourth-order valence-corrected chi connectivity index (χ4v) is 2.78. The molecule has 7 nitrogen and oxygen atoms in total. The van der Waals surface area contributed by atoms with Crippen molar-refractivity contribution in [3.63, 3.8) is 0 Å². The number of nitrogens with zero attached hydrogens (tertiary/aromatic N) is 3. The van der Waals surface area contributed by atoms with Gasteiger partial charge in [-0.05, 0) is 31.7 Å². The number of carbonyl (C=O) groups is 1. The third-order valence-corrected chi connectivity index (χ3v) is 5.61. The van der Waals surface area contributed by atoms with E-state index in [0.717, 1.165) is 43.8 Å². The highest BCUT2D eigenvalue weighted by atomic mass is 32.2. The minimum absolute atomic E-state index is 0.294. The van der Waals surface area contributed by atoms with Crippen molar-refractivity contribution >= 4 is 21.6 Å². The van der Waals surface area contributed by atoms with Gasteiger partial charge < -0.3 is 15.1 Å². The Hall–Kier alpha value is -1.67. The molecule has 1 saturated heterocycles. The highest BCUT2D eigenvalue weighted by molar-refractivity contribution is 7.92. The first kappa shape index (κ1) is 17.7. The van der Waals surface area contributed by atoms with E-state index in [0.29, 0.717) is 6.54 Å². The minimum atomic E-state index is -3.37. The number of aromatic nitrogens is 1. The zero-order chi connectivity index (χ0) is 17.0. The maximum Gasteiger partial charge on any atom is 0.238 e. The molecule has 0 spiro atoms. The van der Waals surface area contributed by atoms with Gasteiger partial charge in [-0.1, -0.05) is 0 Å². The second kappa shape index (κ2) is 7.27. The Labute approximate surface area is 137 Å². The third-order valence-electron chi connectivity index (χ3n) is 4.12. The van der Waals surface area contributed by atoms with Crippen LogP contribution in [0.15, 0.2) is 18.3 Å². The van der Waals surface area contributed by atoms with E-state index in [-0.39, 0.29) is 0 Å². The van der Waals surface area contributed by atoms with Gasteiger partial charge >= 0.3 is 0 Å². The maximum absolute atomic E-state index is 11.9. The molecule has 0 bridgehead atoms. The van der Waals surface area contributed by atoms with E-state index in [1.54, 1.807) is 6.20 Å². The molecule has 1 aromatic rings. The molecule has 8 heteroatoms. The van der Waals surface area contributed by atoms with Crippen LogP contribution in [0.4, 0.5) is 5.82 Å². The first-order valence-corrected chi connectivity index (χ1v) is 9.58. The molecule has 2 heterocycles. The molecule has 2 rings (SSSR count). The summed E-state index contributed by atoms with van der Waals surface area (Å²) in [6, 6.07) is 3.77. The minimum Gasteiger partial charge on any atom is -0.354 e. The van der Waals surface area contributed by atoms with Crippen LogP contribution in [0.5, 0.6) is 0 Å². The lowest BCUT2D eigenvalue weighted by molar-refractivity contribution is -0.120. The summed E-state index contributed by atoms with van der Waals surface area (Å²) in [5, 5.41) is 1.63. The molecule has 0 aromatic carbocycles. The van der Waals surface area contributed by atoms with Gasteiger partial charge in [-0.25, -0.2) is 13.4 Å². The number of piperazine rings is 1. The number of hydrogen-bond acceptors (Lipinski definition) is 6. The number of hydrogen-bond donors (Lipinski definition) is 1. The van der Waals surface area contributed by atoms with Gasteiger partial charge in [0.05, 0.1) is 0 Å². The lowest BCUT2D eigenvalue weighted by Crippen LogP contribution is -2.44. The van der Waals surface area contributed by atoms with Gasteiger partial charge in [0.2, 0.25) is 5.91 Å². The number of likely N-dealkylation sites (N-methyl/N-ethyl adjacent to an activating group) is 1. The standard InChI is InChI=1S/C15H24N4O3S/c1-12(23(3,21)22)15(20)17-11-13-4-5-16-14(10-13)19-8-6-18(2)7-9-19/h4-5,10,12H,6-9,11H2,1-3H3,(H,17,20). The molecular weight excluding hydrogens is 316 g/mol. The largest absolute Gasteiger partial charge is 0.354 e. The maximum atomic E-state index is 11.9. The van der Waals surface area contributed by atoms with Gasteiger partial charge in [0.1, 0.15) is 11.1 Å². The van der Waals surface area contributed by atoms with Crippen LogP contribution >= 0.6 is 0 Å². The quantitative estimate of drug-likeness (QED) is 0.805. The smallest absolute Gasteiger partial charge is 0.238 e. The summed E-state index contributed by atoms with van der Waals surface area (Å²) in [6.45, 7) is 5.52. The molecule has 0 radical (unpaired) electrons. The summed E-state index contributed by atoms with van der Waals surface area (Å²) >= 11 is 0. The Kier molecular flexibility index (Phi) is 5.59. The Bertz CT molecular complexity index is 654. The average molecular weight is 340 g/mol. The molecular formula is C15H24N4O3S. The van der Waals surface area contributed by atoms with Crippen molar-refractivity contribution in [1.82, 2.24) is 15.2 Å². The SMILES string of the molecule is CC(C(=O)NCc1ccnc(N2CCN(C)CC2)c1)S(C)(=O)=O. The lowest BCUT2D eigenvalue weighted by Gasteiger charge is -2.33. The monoisotopic (exact) mass is 340 g/mol. The number of rotatable bonds is 5. The van der Waals surface area contributed by atoms with Crippen LogP contribution in [0.3, 0.4) is 0 Å². The van der Waals surface area contributed by atoms with E-state index in [9.17, 15) is 13.2 Å². The third kappa shape index (κ3) is 4.90. The van der Waals surface area contributed by atoms with Crippen LogP contribution in [-0.4, -0.2) is 68.9 Å². The molecule has 128 valence electrons. The Morgan fingerprint density at radius 2 is 2.00 bits per heavy atom. The van der Waals surface area contributed by atoms with E-state index >= 15 is 0 Å². The fraction of sp³-hybridized carbons (Fsp3) is 0.600. The molecule has 1 N–H and O–H groups in total. The van der Waals surface area contributed by atoms with E-state index in [1.807, 2.05) is 12.1 Å². The van der Waals surface area contributed by atoms with Crippen LogP contribution in [0.25, 0.3) is 0 Å². The van der Waals surface area contributed by atoms with Crippen LogP contribution in [-0.2, 0) is 21.2 Å². The average Bonchev–Trinajstić information content (AvgIpc) is 2.52. The molecule has 1 aliphatic rings. The number of sulfone groups is 1. The summed E-state index contributed by atoms with van der Waals surface area (Å²) in [5.74, 6) is 0.409. The molecule has 1 atom stereocenters. The van der Waals surface area contributed by atoms with Gasteiger partial charge in [-0.15, -0.1) is 0 Å². The van der Waals surface area contributed by atoms with Gasteiger partial charge in [-0.3, -0.25) is 4.79 Å². The van der Waals surface area contributed by atoms with Crippen molar-refractivity contribution in [2.45, 2.75) is 18.7 Å². The van der Waals surface area contributed by atoms with Crippen molar-refractivity contribution in [2.24, 2.45) is 0 Å². The number of anilines is 1. The molecule has 1 aliphatic heterocycles. The summed E-state index contributed by atoms with van der Waals surface area (Å²) < 4.78 is 22.8. The Morgan fingerprint density at radius 1 is 1.35 bits per heavy atom. The predicted octanol–water partition coefficient (Wildman–Crippen LogP) is -0.117. The second-order valence-electron chi connectivity index (χ2n) is 6.00. The predicted molar refractivity (Wildman–Crippen MR) is 90.1 cm³/mol. The van der Waals surface area contributed by atoms with Gasteiger partial charge in [-0.2, -0.15) is 0 Å². The first-order valence-electron chi connectivity index (χ1n) is 7.62. The summed E-state index contributed by atoms with van der Waals surface area (Å²) in [6.07, 6.45) is 2.78. The Morgan fingerprint density at radius 3 is 2.61 bits per heavy atom. The van der Waals surface area contributed by atoms with E-state index in [2.05, 4.69) is 27.1 Å². The molecule has 1 amide bonds. The van der Waals surface area contributed by atoms with Gasteiger partial charge in [0.25, 0.3) is 0 Å². The zero-order valence-corrected chi connectivity index (χ0v) is 14.6. The molecule has 1 fully saturated rings. The second-order valence-corrected chi connectivity index (χ2v) is 8.37. The molecule has 23 heavy (non-hydrogen) atoms. The van der Waals surface area contributed by atoms with Gasteiger partial charge in [0.15, 0.2) is 9.84 Å². The molecule has 0 aliphatic carbocycles. The van der Waals surface area contributed by atoms with Gasteiger partial charge in [0, 0.05) is 45.2 Å². The van der Waals surface area contributed by atoms with E-state index < -0.39 is 21.0 Å². The summed E-state index contributed by atoms with van der Waals surface area (Å²) in [4.78, 5) is 20.7. The van der Waals surface area contributed by atoms with Crippen LogP contribution in [0.2, 0.25) is 0 Å². The zero-order valence-electron chi connectivity index (χ0n) is 13.8. The topological polar surface area (TPSA) is 82.6 Å². The molecule has 1 aromatic heterocycles. The van der Waals surface area contributed by atoms with Crippen molar-refractivity contribution in [3.05, 3.63) is 23.9 Å². The van der Waals surface area contributed by atoms with Crippen LogP contribution in [0.1, 0.15) is 12.5 Å². The van der Waals surface area contributed by atoms with Crippen LogP contribution in [0, 0.1) is 0 Å². The van der Waals surface area contributed by atoms with E-state index in [4.69, 9.17) is 0 Å². The molecule has 1 unspecified atom stereocenters. The van der Waals surface area contributed by atoms with Crippen molar-refractivity contribution in [2.75, 3.05) is 44.4 Å². The molecule has 0 saturated carbocycles. The number of nitrogens with one attached hydrogen (secondary N) is 1. The lowest BCUT2D eigenvalue weighted by atomic mass is 10.2. The van der Waals surface area contributed by atoms with Crippen LogP contribution < -0.4 is 10.2 Å². The van der Waals surface area contributed by atoms with Crippen molar-refractivity contribution in [3.8, 4) is 0 Å².